The Morgan fingerprint density at radius 3 is 2.11 bits per heavy atom. The first-order valence-electron chi connectivity index (χ1n) is 7.52. The molecule has 4 aliphatic carbocycles. The quantitative estimate of drug-likeness (QED) is 0.701. The molecule has 0 atom stereocenters. The Kier molecular flexibility index (Phi) is 2.80. The number of hydrogen-bond donors (Lipinski definition) is 0. The molecule has 4 rings (SSSR count). The third-order valence-electron chi connectivity index (χ3n) is 6.25. The summed E-state index contributed by atoms with van der Waals surface area (Å²) in [4.78, 5) is 14.2. The number of rotatable bonds is 3. The molecule has 2 nitrogen and oxygen atoms in total. The molecule has 0 radical (unpaired) electrons. The van der Waals surface area contributed by atoms with Crippen molar-refractivity contribution in [1.82, 2.24) is 4.90 Å². The molecular formula is C16H25NO. The molecule has 0 unspecified atom stereocenters. The van der Waals surface area contributed by atoms with E-state index in [4.69, 9.17) is 0 Å². The van der Waals surface area contributed by atoms with E-state index in [0.717, 1.165) is 30.1 Å². The van der Waals surface area contributed by atoms with Crippen LogP contribution in [0.2, 0.25) is 0 Å². The summed E-state index contributed by atoms with van der Waals surface area (Å²) >= 11 is 0. The fourth-order valence-electron chi connectivity index (χ4n) is 5.70. The van der Waals surface area contributed by atoms with Gasteiger partial charge in [-0.3, -0.25) is 4.79 Å². The van der Waals surface area contributed by atoms with Crippen LogP contribution in [-0.4, -0.2) is 23.4 Å². The van der Waals surface area contributed by atoms with E-state index in [9.17, 15) is 4.79 Å². The molecule has 100 valence electrons. The Hall–Kier alpha value is -0.790. The van der Waals surface area contributed by atoms with Crippen molar-refractivity contribution >= 4 is 5.91 Å². The Morgan fingerprint density at radius 1 is 1.22 bits per heavy atom. The first-order chi connectivity index (χ1) is 8.61. The zero-order valence-electron chi connectivity index (χ0n) is 11.7. The zero-order chi connectivity index (χ0) is 12.9. The fourth-order valence-corrected chi connectivity index (χ4v) is 5.70. The van der Waals surface area contributed by atoms with Crippen molar-refractivity contribution < 1.29 is 4.79 Å². The fraction of sp³-hybridized carbons (Fsp3) is 0.812. The van der Waals surface area contributed by atoms with Gasteiger partial charge in [0.1, 0.15) is 0 Å². The average molecular weight is 247 g/mol. The highest BCUT2D eigenvalue weighted by Gasteiger charge is 2.58. The summed E-state index contributed by atoms with van der Waals surface area (Å²) in [6, 6.07) is 0. The highest BCUT2D eigenvalue weighted by atomic mass is 16.2. The van der Waals surface area contributed by atoms with Gasteiger partial charge < -0.3 is 4.90 Å². The van der Waals surface area contributed by atoms with Crippen LogP contribution in [0.5, 0.6) is 0 Å². The Bertz CT molecular complexity index is 345. The highest BCUT2D eigenvalue weighted by molar-refractivity contribution is 5.87. The molecule has 4 saturated carbocycles. The number of likely N-dealkylation sites (N-methyl/N-ethyl adjacent to an activating group) is 1. The summed E-state index contributed by atoms with van der Waals surface area (Å²) in [5.74, 6) is 3.52. The summed E-state index contributed by atoms with van der Waals surface area (Å²) in [5, 5.41) is 0. The van der Waals surface area contributed by atoms with Gasteiger partial charge in [0, 0.05) is 12.6 Å². The van der Waals surface area contributed by atoms with Crippen LogP contribution in [0.3, 0.4) is 0 Å². The zero-order valence-corrected chi connectivity index (χ0v) is 11.7. The Labute approximate surface area is 110 Å². The summed E-state index contributed by atoms with van der Waals surface area (Å²) in [7, 11) is 2.01. The van der Waals surface area contributed by atoms with Crippen LogP contribution in [0.1, 0.15) is 45.4 Å². The van der Waals surface area contributed by atoms with Gasteiger partial charge in [-0.15, -0.1) is 0 Å². The standard InChI is InChI=1S/C16H25NO/c1-4-15(18)17(3)16(5-2)13-7-11-6-12(9-13)10-14(16)8-11/h4,11-14H,1,5-10H2,2-3H3. The molecule has 4 fully saturated rings. The predicted octanol–water partition coefficient (Wildman–Crippen LogP) is 3.24. The molecular weight excluding hydrogens is 222 g/mol. The second-order valence-corrected chi connectivity index (χ2v) is 6.75. The van der Waals surface area contributed by atoms with E-state index in [1.54, 1.807) is 0 Å². The van der Waals surface area contributed by atoms with Crippen molar-refractivity contribution in [2.75, 3.05) is 7.05 Å². The molecule has 0 aromatic carbocycles. The lowest BCUT2D eigenvalue weighted by atomic mass is 9.47. The minimum Gasteiger partial charge on any atom is -0.336 e. The van der Waals surface area contributed by atoms with Crippen molar-refractivity contribution in [2.24, 2.45) is 23.7 Å². The number of nitrogens with zero attached hydrogens (tertiary/aromatic N) is 1. The van der Waals surface area contributed by atoms with Crippen LogP contribution in [0.4, 0.5) is 0 Å². The molecule has 4 bridgehead atoms. The van der Waals surface area contributed by atoms with E-state index in [0.29, 0.717) is 0 Å². The topological polar surface area (TPSA) is 20.3 Å². The van der Waals surface area contributed by atoms with Gasteiger partial charge >= 0.3 is 0 Å². The summed E-state index contributed by atoms with van der Waals surface area (Å²) in [5.41, 5.74) is 0.138. The highest BCUT2D eigenvalue weighted by Crippen LogP contribution is 2.61. The van der Waals surface area contributed by atoms with Crippen LogP contribution >= 0.6 is 0 Å². The lowest BCUT2D eigenvalue weighted by Gasteiger charge is -2.64. The number of amides is 1. The minimum atomic E-state index is 0.115. The molecule has 0 spiro atoms. The van der Waals surface area contributed by atoms with E-state index < -0.39 is 0 Å². The summed E-state index contributed by atoms with van der Waals surface area (Å²) in [6.45, 7) is 5.94. The maximum Gasteiger partial charge on any atom is 0.246 e. The largest absolute Gasteiger partial charge is 0.336 e. The minimum absolute atomic E-state index is 0.115. The Balaban J connectivity index is 1.96. The van der Waals surface area contributed by atoms with Crippen LogP contribution in [-0.2, 0) is 4.79 Å². The molecule has 0 N–H and O–H groups in total. The van der Waals surface area contributed by atoms with Gasteiger partial charge in [0.2, 0.25) is 5.91 Å². The van der Waals surface area contributed by atoms with E-state index in [1.165, 1.54) is 38.2 Å². The van der Waals surface area contributed by atoms with Crippen molar-refractivity contribution in [1.29, 1.82) is 0 Å². The molecule has 4 aliphatic rings. The lowest BCUT2D eigenvalue weighted by Crippen LogP contribution is -2.65. The number of hydrogen-bond acceptors (Lipinski definition) is 1. The molecule has 0 aromatic rings. The molecule has 2 heteroatoms. The van der Waals surface area contributed by atoms with Gasteiger partial charge in [0.15, 0.2) is 0 Å². The second-order valence-electron chi connectivity index (χ2n) is 6.75. The molecule has 1 amide bonds. The summed E-state index contributed by atoms with van der Waals surface area (Å²) < 4.78 is 0. The second kappa shape index (κ2) is 4.11. The first kappa shape index (κ1) is 12.3. The third-order valence-corrected chi connectivity index (χ3v) is 6.25. The van der Waals surface area contributed by atoms with Crippen LogP contribution in [0, 0.1) is 23.7 Å². The van der Waals surface area contributed by atoms with Gasteiger partial charge in [0.25, 0.3) is 0 Å². The van der Waals surface area contributed by atoms with Crippen LogP contribution < -0.4 is 0 Å². The average Bonchev–Trinajstić information content (AvgIpc) is 2.37. The molecule has 0 aromatic heterocycles. The molecule has 0 aliphatic heterocycles. The first-order valence-corrected chi connectivity index (χ1v) is 7.52. The SMILES string of the molecule is C=CC(=O)N(C)C1(CC)C2CC3CC(C2)CC1C3. The van der Waals surface area contributed by atoms with E-state index >= 15 is 0 Å². The van der Waals surface area contributed by atoms with Gasteiger partial charge in [0.05, 0.1) is 0 Å². The Morgan fingerprint density at radius 2 is 1.72 bits per heavy atom. The van der Waals surface area contributed by atoms with Crippen molar-refractivity contribution in [3.05, 3.63) is 12.7 Å². The van der Waals surface area contributed by atoms with E-state index in [-0.39, 0.29) is 11.4 Å². The maximum atomic E-state index is 12.1. The maximum absolute atomic E-state index is 12.1. The number of carbonyl (C=O) groups excluding carboxylic acids is 1. The van der Waals surface area contributed by atoms with Gasteiger partial charge in [-0.25, -0.2) is 0 Å². The predicted molar refractivity (Wildman–Crippen MR) is 73.0 cm³/mol. The monoisotopic (exact) mass is 247 g/mol. The van der Waals surface area contributed by atoms with E-state index in [1.807, 2.05) is 11.9 Å². The molecule has 0 heterocycles. The molecule has 0 saturated heterocycles. The smallest absolute Gasteiger partial charge is 0.246 e. The van der Waals surface area contributed by atoms with Gasteiger partial charge in [-0.05, 0) is 68.3 Å². The van der Waals surface area contributed by atoms with Crippen molar-refractivity contribution in [3.63, 3.8) is 0 Å². The number of carbonyl (C=O) groups is 1. The van der Waals surface area contributed by atoms with Crippen LogP contribution in [0.25, 0.3) is 0 Å². The normalized spacial score (nSPS) is 45.0. The van der Waals surface area contributed by atoms with Crippen LogP contribution in [0.15, 0.2) is 12.7 Å². The van der Waals surface area contributed by atoms with E-state index in [2.05, 4.69) is 13.5 Å². The third kappa shape index (κ3) is 1.44. The molecule has 18 heavy (non-hydrogen) atoms. The summed E-state index contributed by atoms with van der Waals surface area (Å²) in [6.07, 6.45) is 9.49. The van der Waals surface area contributed by atoms with Crippen molar-refractivity contribution in [2.45, 2.75) is 51.0 Å². The van der Waals surface area contributed by atoms with Crippen molar-refractivity contribution in [3.8, 4) is 0 Å². The van der Waals surface area contributed by atoms with Gasteiger partial charge in [-0.2, -0.15) is 0 Å². The van der Waals surface area contributed by atoms with Gasteiger partial charge in [-0.1, -0.05) is 13.5 Å². The lowest BCUT2D eigenvalue weighted by molar-refractivity contribution is -0.157.